The van der Waals surface area contributed by atoms with Gasteiger partial charge in [0.25, 0.3) is 5.91 Å². The van der Waals surface area contributed by atoms with E-state index >= 15 is 0 Å². The molecule has 2 aromatic carbocycles. The molecule has 2 aliphatic heterocycles. The maximum absolute atomic E-state index is 12.8. The Bertz CT molecular complexity index is 988. The number of fused-ring (bicyclic) bond motifs is 1. The first kappa shape index (κ1) is 20.4. The molecule has 6 nitrogen and oxygen atoms in total. The molecule has 2 heterocycles. The fourth-order valence-electron chi connectivity index (χ4n) is 3.63. The fraction of sp³-hybridized carbons (Fsp3) is 0.381. The van der Waals surface area contributed by atoms with Crippen LogP contribution in [0.4, 0.5) is 0 Å². The third-order valence-electron chi connectivity index (χ3n) is 5.20. The van der Waals surface area contributed by atoms with E-state index in [-0.39, 0.29) is 29.5 Å². The van der Waals surface area contributed by atoms with Crippen LogP contribution in [0.2, 0.25) is 0 Å². The number of amides is 1. The maximum Gasteiger partial charge on any atom is 0.251 e. The number of ether oxygens (including phenoxy) is 1. The minimum Gasteiger partial charge on any atom is -0.377 e. The Morgan fingerprint density at radius 3 is 2.83 bits per heavy atom. The van der Waals surface area contributed by atoms with Crippen LogP contribution in [-0.4, -0.2) is 39.3 Å². The third kappa shape index (κ3) is 4.83. The van der Waals surface area contributed by atoms with Crippen molar-refractivity contribution in [2.24, 2.45) is 0 Å². The van der Waals surface area contributed by atoms with Crippen molar-refractivity contribution in [1.82, 2.24) is 10.0 Å². The van der Waals surface area contributed by atoms with Gasteiger partial charge in [0.1, 0.15) is 0 Å². The van der Waals surface area contributed by atoms with Gasteiger partial charge in [-0.15, -0.1) is 11.8 Å². The number of hydrogen-bond donors (Lipinski definition) is 2. The molecule has 8 heteroatoms. The molecule has 0 unspecified atom stereocenters. The Morgan fingerprint density at radius 2 is 2.00 bits per heavy atom. The average molecular weight is 433 g/mol. The topological polar surface area (TPSA) is 84.5 Å². The van der Waals surface area contributed by atoms with Gasteiger partial charge in [-0.25, -0.2) is 13.1 Å². The summed E-state index contributed by atoms with van der Waals surface area (Å²) in [5, 5.41) is 3.06. The molecule has 0 saturated carbocycles. The highest BCUT2D eigenvalue weighted by molar-refractivity contribution is 7.99. The Kier molecular flexibility index (Phi) is 6.24. The number of carbonyl (C=O) groups excluding carboxylic acids is 1. The predicted molar refractivity (Wildman–Crippen MR) is 113 cm³/mol. The van der Waals surface area contributed by atoms with Crippen molar-refractivity contribution in [2.45, 2.75) is 41.2 Å². The first-order valence-corrected chi connectivity index (χ1v) is 12.2. The van der Waals surface area contributed by atoms with Gasteiger partial charge in [0, 0.05) is 29.4 Å². The number of hydrogen-bond acceptors (Lipinski definition) is 5. The molecular weight excluding hydrogens is 408 g/mol. The molecule has 2 aliphatic rings. The summed E-state index contributed by atoms with van der Waals surface area (Å²) in [6, 6.07) is 14.1. The standard InChI is InChI=1S/C21H24N2O4S2/c24-21(23-19-10-12-28-20-9-2-1-8-18(19)20)15-5-3-7-17(13-15)29(25,26)22-14-16-6-4-11-27-16/h1-3,5,7-9,13,16,19,22H,4,6,10-12,14H2,(H,23,24)/t16-,19-/m0/s1. The van der Waals surface area contributed by atoms with E-state index in [1.54, 1.807) is 23.9 Å². The number of rotatable bonds is 6. The Hall–Kier alpha value is -1.87. The molecule has 1 amide bonds. The van der Waals surface area contributed by atoms with Crippen LogP contribution in [0.5, 0.6) is 0 Å². The highest BCUT2D eigenvalue weighted by atomic mass is 32.2. The highest BCUT2D eigenvalue weighted by Gasteiger charge is 2.24. The van der Waals surface area contributed by atoms with Crippen LogP contribution < -0.4 is 10.0 Å². The van der Waals surface area contributed by atoms with Crippen LogP contribution in [0.1, 0.15) is 41.2 Å². The normalized spacial score (nSPS) is 21.5. The first-order valence-electron chi connectivity index (χ1n) is 9.77. The van der Waals surface area contributed by atoms with Crippen molar-refractivity contribution < 1.29 is 17.9 Å². The van der Waals surface area contributed by atoms with Crippen molar-refractivity contribution in [3.8, 4) is 0 Å². The number of benzene rings is 2. The van der Waals surface area contributed by atoms with Crippen molar-refractivity contribution >= 4 is 27.7 Å². The van der Waals surface area contributed by atoms with E-state index in [9.17, 15) is 13.2 Å². The largest absolute Gasteiger partial charge is 0.377 e. The Labute approximate surface area is 175 Å². The molecule has 0 bridgehead atoms. The van der Waals surface area contributed by atoms with Crippen LogP contribution in [0.15, 0.2) is 58.3 Å². The summed E-state index contributed by atoms with van der Waals surface area (Å²) >= 11 is 1.79. The average Bonchev–Trinajstić information content (AvgIpc) is 3.26. The molecule has 0 spiro atoms. The molecule has 2 aromatic rings. The summed E-state index contributed by atoms with van der Waals surface area (Å²) < 4.78 is 33.3. The van der Waals surface area contributed by atoms with E-state index in [0.29, 0.717) is 12.2 Å². The summed E-state index contributed by atoms with van der Waals surface area (Å²) in [5.41, 5.74) is 1.44. The molecule has 2 atom stereocenters. The number of thioether (sulfide) groups is 1. The van der Waals surface area contributed by atoms with Crippen LogP contribution >= 0.6 is 11.8 Å². The first-order chi connectivity index (χ1) is 14.0. The lowest BCUT2D eigenvalue weighted by atomic mass is 10.0. The van der Waals surface area contributed by atoms with Gasteiger partial charge in [-0.2, -0.15) is 0 Å². The monoisotopic (exact) mass is 432 g/mol. The fourth-order valence-corrected chi connectivity index (χ4v) is 5.87. The van der Waals surface area contributed by atoms with Gasteiger partial charge in [0.15, 0.2) is 0 Å². The van der Waals surface area contributed by atoms with E-state index in [1.165, 1.54) is 17.0 Å². The Balaban J connectivity index is 1.46. The summed E-state index contributed by atoms with van der Waals surface area (Å²) in [7, 11) is -3.70. The zero-order valence-electron chi connectivity index (χ0n) is 16.0. The van der Waals surface area contributed by atoms with E-state index < -0.39 is 10.0 Å². The summed E-state index contributed by atoms with van der Waals surface area (Å²) in [6.07, 6.45) is 2.56. The Morgan fingerprint density at radius 1 is 1.14 bits per heavy atom. The molecular formula is C21H24N2O4S2. The second-order valence-electron chi connectivity index (χ2n) is 7.22. The van der Waals surface area contributed by atoms with Gasteiger partial charge in [-0.3, -0.25) is 4.79 Å². The molecule has 0 radical (unpaired) electrons. The van der Waals surface area contributed by atoms with Crippen molar-refractivity contribution in [3.63, 3.8) is 0 Å². The minimum absolute atomic E-state index is 0.0714. The van der Waals surface area contributed by atoms with Gasteiger partial charge >= 0.3 is 0 Å². The zero-order valence-corrected chi connectivity index (χ0v) is 17.6. The molecule has 4 rings (SSSR count). The molecule has 1 fully saturated rings. The third-order valence-corrected chi connectivity index (χ3v) is 7.74. The molecule has 0 aromatic heterocycles. The molecule has 1 saturated heterocycles. The van der Waals surface area contributed by atoms with E-state index in [1.807, 2.05) is 18.2 Å². The smallest absolute Gasteiger partial charge is 0.251 e. The van der Waals surface area contributed by atoms with Gasteiger partial charge in [-0.1, -0.05) is 24.3 Å². The lowest BCUT2D eigenvalue weighted by molar-refractivity contribution is 0.0934. The van der Waals surface area contributed by atoms with E-state index in [0.717, 1.165) is 30.6 Å². The van der Waals surface area contributed by atoms with E-state index in [2.05, 4.69) is 16.1 Å². The van der Waals surface area contributed by atoms with E-state index in [4.69, 9.17) is 4.74 Å². The van der Waals surface area contributed by atoms with Crippen molar-refractivity contribution in [3.05, 3.63) is 59.7 Å². The second kappa shape index (κ2) is 8.87. The zero-order chi connectivity index (χ0) is 20.3. The minimum atomic E-state index is -3.70. The van der Waals surface area contributed by atoms with Crippen LogP contribution in [0.3, 0.4) is 0 Å². The summed E-state index contributed by atoms with van der Waals surface area (Å²) in [4.78, 5) is 14.1. The van der Waals surface area contributed by atoms with Crippen molar-refractivity contribution in [1.29, 1.82) is 0 Å². The molecule has 0 aliphatic carbocycles. The second-order valence-corrected chi connectivity index (χ2v) is 10.1. The van der Waals surface area contributed by atoms with Crippen LogP contribution in [-0.2, 0) is 14.8 Å². The van der Waals surface area contributed by atoms with Gasteiger partial charge in [0.05, 0.1) is 17.0 Å². The summed E-state index contributed by atoms with van der Waals surface area (Å²) in [5.74, 6) is 0.664. The SMILES string of the molecule is O=C(N[C@H]1CCSc2ccccc21)c1cccc(S(=O)(=O)NC[C@@H]2CCCO2)c1. The van der Waals surface area contributed by atoms with Gasteiger partial charge in [-0.05, 0) is 49.1 Å². The highest BCUT2D eigenvalue weighted by Crippen LogP contribution is 2.35. The van der Waals surface area contributed by atoms with Crippen LogP contribution in [0, 0.1) is 0 Å². The maximum atomic E-state index is 12.8. The number of nitrogens with one attached hydrogen (secondary N) is 2. The van der Waals surface area contributed by atoms with Crippen molar-refractivity contribution in [2.75, 3.05) is 18.9 Å². The van der Waals surface area contributed by atoms with Gasteiger partial charge in [0.2, 0.25) is 10.0 Å². The van der Waals surface area contributed by atoms with Crippen LogP contribution in [0.25, 0.3) is 0 Å². The predicted octanol–water partition coefficient (Wildman–Crippen LogP) is 3.11. The summed E-state index contributed by atoms with van der Waals surface area (Å²) in [6.45, 7) is 0.917. The quantitative estimate of drug-likeness (QED) is 0.733. The van der Waals surface area contributed by atoms with Gasteiger partial charge < -0.3 is 10.1 Å². The number of sulfonamides is 1. The lowest BCUT2D eigenvalue weighted by Crippen LogP contribution is -2.32. The molecule has 29 heavy (non-hydrogen) atoms. The molecule has 2 N–H and O–H groups in total. The lowest BCUT2D eigenvalue weighted by Gasteiger charge is -2.26. The number of carbonyl (C=O) groups is 1. The molecule has 154 valence electrons.